The normalized spacial score (nSPS) is 9.45. The van der Waals surface area contributed by atoms with E-state index < -0.39 is 11.9 Å². The molecule has 20 heavy (non-hydrogen) atoms. The number of aliphatic carboxylic acids is 2. The zero-order chi connectivity index (χ0) is 15.0. The number of nitrogens with one attached hydrogen (secondary N) is 1. The van der Waals surface area contributed by atoms with E-state index in [4.69, 9.17) is 24.3 Å². The van der Waals surface area contributed by atoms with Crippen molar-refractivity contribution in [1.82, 2.24) is 15.5 Å². The molecule has 2 rings (SSSR count). The van der Waals surface area contributed by atoms with Crippen LogP contribution in [0, 0.1) is 0 Å². The van der Waals surface area contributed by atoms with Crippen molar-refractivity contribution in [1.29, 1.82) is 0 Å². The summed E-state index contributed by atoms with van der Waals surface area (Å²) in [5.41, 5.74) is 0.971. The molecule has 1 aromatic carbocycles. The van der Waals surface area contributed by atoms with Crippen LogP contribution in [0.5, 0.6) is 0 Å². The van der Waals surface area contributed by atoms with Gasteiger partial charge in [0.2, 0.25) is 11.7 Å². The number of hydrogen-bond acceptors (Lipinski definition) is 6. The molecule has 0 fully saturated rings. The van der Waals surface area contributed by atoms with Gasteiger partial charge in [-0.15, -0.1) is 0 Å². The molecule has 0 aliphatic rings. The lowest BCUT2D eigenvalue weighted by Crippen LogP contribution is -2.09. The maximum atomic E-state index is 9.10. The van der Waals surface area contributed by atoms with Crippen molar-refractivity contribution in [2.24, 2.45) is 0 Å². The second-order valence-electron chi connectivity index (χ2n) is 3.52. The van der Waals surface area contributed by atoms with Crippen molar-refractivity contribution in [3.8, 4) is 11.4 Å². The monoisotopic (exact) mass is 279 g/mol. The molecule has 8 heteroatoms. The second kappa shape index (κ2) is 7.64. The molecule has 0 aliphatic heterocycles. The minimum atomic E-state index is -1.82. The molecule has 0 unspecified atom stereocenters. The van der Waals surface area contributed by atoms with Crippen LogP contribution in [0.25, 0.3) is 11.4 Å². The predicted molar refractivity (Wildman–Crippen MR) is 67.8 cm³/mol. The minimum absolute atomic E-state index is 0.597. The molecule has 3 N–H and O–H groups in total. The quantitative estimate of drug-likeness (QED) is 0.698. The van der Waals surface area contributed by atoms with Crippen LogP contribution < -0.4 is 5.32 Å². The number of carboxylic acid groups (broad SMARTS) is 2. The van der Waals surface area contributed by atoms with Crippen LogP contribution in [0.15, 0.2) is 34.9 Å². The lowest BCUT2D eigenvalue weighted by atomic mass is 10.2. The highest BCUT2D eigenvalue weighted by atomic mass is 16.5. The van der Waals surface area contributed by atoms with E-state index in [1.165, 1.54) is 0 Å². The summed E-state index contributed by atoms with van der Waals surface area (Å²) < 4.78 is 5.04. The third kappa shape index (κ3) is 4.86. The lowest BCUT2D eigenvalue weighted by molar-refractivity contribution is -0.159. The fourth-order valence-electron chi connectivity index (χ4n) is 1.18. The first-order valence-corrected chi connectivity index (χ1v) is 5.53. The van der Waals surface area contributed by atoms with Gasteiger partial charge in [-0.2, -0.15) is 4.98 Å². The van der Waals surface area contributed by atoms with Crippen molar-refractivity contribution in [2.75, 3.05) is 7.05 Å². The fraction of sp³-hybridized carbons (Fsp3) is 0.167. The van der Waals surface area contributed by atoms with Crippen LogP contribution in [0.3, 0.4) is 0 Å². The molecule has 0 spiro atoms. The summed E-state index contributed by atoms with van der Waals surface area (Å²) in [7, 11) is 1.84. The zero-order valence-corrected chi connectivity index (χ0v) is 10.6. The Labute approximate surface area is 114 Å². The van der Waals surface area contributed by atoms with Crippen molar-refractivity contribution in [3.63, 3.8) is 0 Å². The van der Waals surface area contributed by atoms with E-state index in [9.17, 15) is 0 Å². The van der Waals surface area contributed by atoms with Gasteiger partial charge < -0.3 is 20.1 Å². The number of benzene rings is 1. The van der Waals surface area contributed by atoms with Crippen molar-refractivity contribution >= 4 is 11.9 Å². The summed E-state index contributed by atoms with van der Waals surface area (Å²) in [4.78, 5) is 22.4. The van der Waals surface area contributed by atoms with Gasteiger partial charge in [0.25, 0.3) is 0 Å². The van der Waals surface area contributed by atoms with Crippen LogP contribution in [0.2, 0.25) is 0 Å². The average molecular weight is 279 g/mol. The standard InChI is InChI=1S/C10H11N3O.C2H2O4/c1-11-7-9-12-10(13-14-9)8-5-3-2-4-6-8;3-1(4)2(5)6/h2-6,11H,7H2,1H3;(H,3,4)(H,5,6). The Morgan fingerprint density at radius 3 is 2.30 bits per heavy atom. The number of carbonyl (C=O) groups is 2. The Balaban J connectivity index is 0.000000286. The maximum absolute atomic E-state index is 9.10. The molecule has 0 saturated heterocycles. The molecule has 0 saturated carbocycles. The molecule has 106 valence electrons. The predicted octanol–water partition coefficient (Wildman–Crippen LogP) is 0.612. The topological polar surface area (TPSA) is 126 Å². The third-order valence-electron chi connectivity index (χ3n) is 2.01. The Bertz CT molecular complexity index is 555. The molecule has 0 radical (unpaired) electrons. The molecule has 0 amide bonds. The van der Waals surface area contributed by atoms with Gasteiger partial charge in [0.15, 0.2) is 0 Å². The molecule has 2 aromatic rings. The van der Waals surface area contributed by atoms with Gasteiger partial charge in [0.1, 0.15) is 0 Å². The molecule has 1 aromatic heterocycles. The van der Waals surface area contributed by atoms with Crippen LogP contribution >= 0.6 is 0 Å². The summed E-state index contributed by atoms with van der Waals surface area (Å²) in [6.45, 7) is 0.597. The lowest BCUT2D eigenvalue weighted by Gasteiger charge is -1.90. The largest absolute Gasteiger partial charge is 0.473 e. The van der Waals surface area contributed by atoms with E-state index in [0.29, 0.717) is 18.3 Å². The van der Waals surface area contributed by atoms with Crippen molar-refractivity contribution < 1.29 is 24.3 Å². The summed E-state index contributed by atoms with van der Waals surface area (Å²) in [6, 6.07) is 9.76. The van der Waals surface area contributed by atoms with Gasteiger partial charge in [-0.3, -0.25) is 0 Å². The first-order chi connectivity index (χ1) is 9.54. The van der Waals surface area contributed by atoms with E-state index >= 15 is 0 Å². The van der Waals surface area contributed by atoms with Gasteiger partial charge in [-0.1, -0.05) is 35.5 Å². The summed E-state index contributed by atoms with van der Waals surface area (Å²) >= 11 is 0. The first-order valence-electron chi connectivity index (χ1n) is 5.53. The van der Waals surface area contributed by atoms with Crippen LogP contribution in [-0.2, 0) is 16.1 Å². The SMILES string of the molecule is CNCc1nc(-c2ccccc2)no1.O=C(O)C(=O)O. The minimum Gasteiger partial charge on any atom is -0.473 e. The average Bonchev–Trinajstić information content (AvgIpc) is 2.89. The van der Waals surface area contributed by atoms with Gasteiger partial charge in [0, 0.05) is 5.56 Å². The smallest absolute Gasteiger partial charge is 0.414 e. The third-order valence-corrected chi connectivity index (χ3v) is 2.01. The number of rotatable bonds is 3. The van der Waals surface area contributed by atoms with Gasteiger partial charge >= 0.3 is 11.9 Å². The molecule has 0 atom stereocenters. The summed E-state index contributed by atoms with van der Waals surface area (Å²) in [5.74, 6) is -2.41. The molecule has 0 aliphatic carbocycles. The highest BCUT2D eigenvalue weighted by molar-refractivity contribution is 6.27. The van der Waals surface area contributed by atoms with Gasteiger partial charge in [-0.05, 0) is 7.05 Å². The van der Waals surface area contributed by atoms with E-state index in [2.05, 4.69) is 15.5 Å². The summed E-state index contributed by atoms with van der Waals surface area (Å²) in [5, 5.41) is 21.6. The Morgan fingerprint density at radius 2 is 1.80 bits per heavy atom. The van der Waals surface area contributed by atoms with E-state index in [1.54, 1.807) is 0 Å². The van der Waals surface area contributed by atoms with Gasteiger partial charge in [0.05, 0.1) is 6.54 Å². The zero-order valence-electron chi connectivity index (χ0n) is 10.6. The fourth-order valence-corrected chi connectivity index (χ4v) is 1.18. The van der Waals surface area contributed by atoms with E-state index in [1.807, 2.05) is 37.4 Å². The Hall–Kier alpha value is -2.74. The Morgan fingerprint density at radius 1 is 1.20 bits per heavy atom. The van der Waals surface area contributed by atoms with E-state index in [-0.39, 0.29) is 0 Å². The highest BCUT2D eigenvalue weighted by Gasteiger charge is 2.06. The highest BCUT2D eigenvalue weighted by Crippen LogP contribution is 2.14. The van der Waals surface area contributed by atoms with Crippen LogP contribution in [0.1, 0.15) is 5.89 Å². The van der Waals surface area contributed by atoms with Crippen molar-refractivity contribution in [3.05, 3.63) is 36.2 Å². The molecule has 8 nitrogen and oxygen atoms in total. The van der Waals surface area contributed by atoms with Crippen LogP contribution in [-0.4, -0.2) is 39.3 Å². The second-order valence-corrected chi connectivity index (χ2v) is 3.52. The molecule has 1 heterocycles. The molecular weight excluding hydrogens is 266 g/mol. The molecular formula is C12H13N3O5. The van der Waals surface area contributed by atoms with Gasteiger partial charge in [-0.25, -0.2) is 9.59 Å². The number of nitrogens with zero attached hydrogens (tertiary/aromatic N) is 2. The first kappa shape index (κ1) is 15.3. The van der Waals surface area contributed by atoms with Crippen molar-refractivity contribution in [2.45, 2.75) is 6.54 Å². The molecule has 0 bridgehead atoms. The maximum Gasteiger partial charge on any atom is 0.414 e. The van der Waals surface area contributed by atoms with Crippen LogP contribution in [0.4, 0.5) is 0 Å². The number of hydrogen-bond donors (Lipinski definition) is 3. The summed E-state index contributed by atoms with van der Waals surface area (Å²) in [6.07, 6.45) is 0. The Kier molecular flexibility index (Phi) is 5.85. The number of aromatic nitrogens is 2. The van der Waals surface area contributed by atoms with E-state index in [0.717, 1.165) is 5.56 Å². The number of carboxylic acids is 2.